The summed E-state index contributed by atoms with van der Waals surface area (Å²) >= 11 is 0. The number of aryl methyl sites for hydroxylation is 4. The van der Waals surface area contributed by atoms with Crippen LogP contribution >= 0.6 is 0 Å². The van der Waals surface area contributed by atoms with Gasteiger partial charge >= 0.3 is 0 Å². The molecule has 0 fully saturated rings. The minimum atomic E-state index is -0.0267. The maximum absolute atomic E-state index is 12.3. The van der Waals surface area contributed by atoms with Crippen molar-refractivity contribution in [3.63, 3.8) is 0 Å². The summed E-state index contributed by atoms with van der Waals surface area (Å²) in [6.45, 7) is 6.98. The monoisotopic (exact) mass is 388 g/mol. The Hall–Kier alpha value is -3.48. The fourth-order valence-electron chi connectivity index (χ4n) is 3.64. The lowest BCUT2D eigenvalue weighted by Crippen LogP contribution is -2.24. The van der Waals surface area contributed by atoms with Crippen LogP contribution in [0.4, 0.5) is 0 Å². The van der Waals surface area contributed by atoms with Gasteiger partial charge in [-0.1, -0.05) is 42.0 Å². The number of carbonyl (C=O) groups is 1. The second-order valence-corrected chi connectivity index (χ2v) is 7.31. The summed E-state index contributed by atoms with van der Waals surface area (Å²) < 4.78 is 1.63. The highest BCUT2D eigenvalue weighted by Crippen LogP contribution is 2.32. The average Bonchev–Trinajstić information content (AvgIpc) is 3.28. The third-order valence-electron chi connectivity index (χ3n) is 5.19. The molecule has 0 saturated heterocycles. The molecule has 0 aliphatic heterocycles. The number of aromatic amines is 1. The molecule has 4 aromatic rings. The molecule has 7 heteroatoms. The number of tetrazole rings is 1. The number of H-pyrrole nitrogens is 1. The topological polar surface area (TPSA) is 88.5 Å². The number of carbonyl (C=O) groups excluding carboxylic acids is 1. The molecule has 148 valence electrons. The van der Waals surface area contributed by atoms with Crippen molar-refractivity contribution >= 4 is 16.8 Å². The van der Waals surface area contributed by atoms with Crippen molar-refractivity contribution in [2.45, 2.75) is 40.3 Å². The van der Waals surface area contributed by atoms with E-state index in [1.165, 1.54) is 16.5 Å². The minimum absolute atomic E-state index is 0.0267. The minimum Gasteiger partial charge on any atom is -0.354 e. The highest BCUT2D eigenvalue weighted by Gasteiger charge is 2.14. The van der Waals surface area contributed by atoms with Gasteiger partial charge < -0.3 is 10.3 Å². The van der Waals surface area contributed by atoms with Crippen molar-refractivity contribution in [2.24, 2.45) is 0 Å². The van der Waals surface area contributed by atoms with Crippen LogP contribution in [0.15, 0.2) is 42.5 Å². The molecule has 2 aromatic carbocycles. The van der Waals surface area contributed by atoms with Gasteiger partial charge in [-0.05, 0) is 54.0 Å². The van der Waals surface area contributed by atoms with Gasteiger partial charge in [0, 0.05) is 24.0 Å². The molecule has 0 atom stereocenters. The Morgan fingerprint density at radius 1 is 1.14 bits per heavy atom. The maximum atomic E-state index is 12.3. The molecule has 2 N–H and O–H groups in total. The van der Waals surface area contributed by atoms with Crippen molar-refractivity contribution in [1.29, 1.82) is 0 Å². The molecule has 0 spiro atoms. The first-order valence-electron chi connectivity index (χ1n) is 9.69. The second kappa shape index (κ2) is 7.87. The van der Waals surface area contributed by atoms with Crippen LogP contribution in [-0.2, 0) is 17.9 Å². The molecule has 1 amide bonds. The van der Waals surface area contributed by atoms with Crippen molar-refractivity contribution in [2.75, 3.05) is 0 Å². The first-order chi connectivity index (χ1) is 14.0. The Balaban J connectivity index is 1.54. The fraction of sp³-hybridized carbons (Fsp3) is 0.273. The van der Waals surface area contributed by atoms with Crippen LogP contribution < -0.4 is 5.32 Å². The fourth-order valence-corrected chi connectivity index (χ4v) is 3.64. The third-order valence-corrected chi connectivity index (χ3v) is 5.19. The first-order valence-corrected chi connectivity index (χ1v) is 9.69. The van der Waals surface area contributed by atoms with Crippen LogP contribution in [0.3, 0.4) is 0 Å². The zero-order chi connectivity index (χ0) is 20.4. The number of hydrogen-bond donors (Lipinski definition) is 2. The predicted octanol–water partition coefficient (Wildman–Crippen LogP) is 3.45. The Morgan fingerprint density at radius 3 is 2.66 bits per heavy atom. The zero-order valence-electron chi connectivity index (χ0n) is 16.9. The molecule has 0 aliphatic carbocycles. The number of hydrogen-bond acceptors (Lipinski definition) is 4. The molecule has 0 bridgehead atoms. The van der Waals surface area contributed by atoms with E-state index in [4.69, 9.17) is 0 Å². The van der Waals surface area contributed by atoms with Gasteiger partial charge in [-0.25, -0.2) is 4.68 Å². The quantitative estimate of drug-likeness (QED) is 0.529. The van der Waals surface area contributed by atoms with Crippen LogP contribution in [0.1, 0.15) is 28.9 Å². The second-order valence-electron chi connectivity index (χ2n) is 7.31. The number of benzene rings is 2. The summed E-state index contributed by atoms with van der Waals surface area (Å²) in [4.78, 5) is 15.9. The lowest BCUT2D eigenvalue weighted by molar-refractivity contribution is -0.121. The third kappa shape index (κ3) is 3.89. The van der Waals surface area contributed by atoms with E-state index in [1.807, 2.05) is 25.1 Å². The van der Waals surface area contributed by atoms with Crippen molar-refractivity contribution in [3.8, 4) is 11.3 Å². The van der Waals surface area contributed by atoms with Gasteiger partial charge in [-0.15, -0.1) is 5.10 Å². The predicted molar refractivity (Wildman–Crippen MR) is 112 cm³/mol. The normalized spacial score (nSPS) is 11.1. The van der Waals surface area contributed by atoms with E-state index in [9.17, 15) is 4.79 Å². The van der Waals surface area contributed by atoms with E-state index < -0.39 is 0 Å². The largest absolute Gasteiger partial charge is 0.354 e. The molecule has 7 nitrogen and oxygen atoms in total. The molecule has 2 heterocycles. The van der Waals surface area contributed by atoms with Crippen LogP contribution in [0.2, 0.25) is 0 Å². The van der Waals surface area contributed by atoms with Crippen LogP contribution in [-0.4, -0.2) is 31.1 Å². The lowest BCUT2D eigenvalue weighted by Gasteiger charge is -2.08. The Kier molecular flexibility index (Phi) is 5.12. The Morgan fingerprint density at radius 2 is 1.93 bits per heavy atom. The highest BCUT2D eigenvalue weighted by atomic mass is 16.1. The number of fused-ring (bicyclic) bond motifs is 1. The SMILES string of the molecule is Cc1cc(CNC(=O)CCn2nnnc2C)c2[nH]c(-c3ccccc3)c(C)c2c1. The number of amides is 1. The van der Waals surface area contributed by atoms with Crippen molar-refractivity contribution in [1.82, 2.24) is 30.5 Å². The van der Waals surface area contributed by atoms with E-state index in [0.717, 1.165) is 22.3 Å². The molecule has 0 radical (unpaired) electrons. The van der Waals surface area contributed by atoms with Crippen molar-refractivity contribution < 1.29 is 4.79 Å². The maximum Gasteiger partial charge on any atom is 0.222 e. The van der Waals surface area contributed by atoms with Gasteiger partial charge in [0.25, 0.3) is 0 Å². The molecule has 0 unspecified atom stereocenters. The average molecular weight is 388 g/mol. The van der Waals surface area contributed by atoms with E-state index in [0.29, 0.717) is 25.3 Å². The van der Waals surface area contributed by atoms with Gasteiger partial charge in [0.15, 0.2) is 0 Å². The standard InChI is InChI=1S/C22H24N6O/c1-14-11-18(13-23-20(29)9-10-28-16(3)25-26-27-28)22-19(12-14)15(2)21(24-22)17-7-5-4-6-8-17/h4-8,11-12,24H,9-10,13H2,1-3H3,(H,23,29). The summed E-state index contributed by atoms with van der Waals surface area (Å²) in [6.07, 6.45) is 0.333. The van der Waals surface area contributed by atoms with Crippen LogP contribution in [0, 0.1) is 20.8 Å². The molecule has 4 rings (SSSR count). The summed E-state index contributed by atoms with van der Waals surface area (Å²) in [7, 11) is 0. The molecular formula is C22H24N6O. The van der Waals surface area contributed by atoms with E-state index >= 15 is 0 Å². The molecule has 0 aliphatic rings. The van der Waals surface area contributed by atoms with Gasteiger partial charge in [0.1, 0.15) is 5.82 Å². The first kappa shape index (κ1) is 18.9. The zero-order valence-corrected chi connectivity index (χ0v) is 16.9. The van der Waals surface area contributed by atoms with Gasteiger partial charge in [-0.3, -0.25) is 4.79 Å². The smallest absolute Gasteiger partial charge is 0.222 e. The highest BCUT2D eigenvalue weighted by molar-refractivity contribution is 5.93. The van der Waals surface area contributed by atoms with Crippen molar-refractivity contribution in [3.05, 3.63) is 65.0 Å². The lowest BCUT2D eigenvalue weighted by atomic mass is 10.0. The van der Waals surface area contributed by atoms with Gasteiger partial charge in [0.05, 0.1) is 12.1 Å². The van der Waals surface area contributed by atoms with E-state index in [-0.39, 0.29) is 5.91 Å². The van der Waals surface area contributed by atoms with Gasteiger partial charge in [-0.2, -0.15) is 0 Å². The number of aromatic nitrogens is 5. The number of nitrogens with one attached hydrogen (secondary N) is 2. The summed E-state index contributed by atoms with van der Waals surface area (Å²) in [6, 6.07) is 14.6. The van der Waals surface area contributed by atoms with Crippen LogP contribution in [0.5, 0.6) is 0 Å². The van der Waals surface area contributed by atoms with Crippen LogP contribution in [0.25, 0.3) is 22.2 Å². The summed E-state index contributed by atoms with van der Waals surface area (Å²) in [5.41, 5.74) is 6.82. The van der Waals surface area contributed by atoms with E-state index in [2.05, 4.69) is 63.9 Å². The molecule has 2 aromatic heterocycles. The molecular weight excluding hydrogens is 364 g/mol. The molecule has 0 saturated carbocycles. The summed E-state index contributed by atoms with van der Waals surface area (Å²) in [5.74, 6) is 0.676. The number of rotatable bonds is 6. The Labute approximate surface area is 169 Å². The number of nitrogens with zero attached hydrogens (tertiary/aromatic N) is 4. The van der Waals surface area contributed by atoms with Gasteiger partial charge in [0.2, 0.25) is 5.91 Å². The summed E-state index contributed by atoms with van der Waals surface area (Å²) in [5, 5.41) is 15.5. The van der Waals surface area contributed by atoms with E-state index in [1.54, 1.807) is 4.68 Å². The molecule has 29 heavy (non-hydrogen) atoms. The Bertz CT molecular complexity index is 1160.